The van der Waals surface area contributed by atoms with Gasteiger partial charge in [0.15, 0.2) is 11.5 Å². The first-order valence-electron chi connectivity index (χ1n) is 12.4. The van der Waals surface area contributed by atoms with Crippen LogP contribution in [0.4, 0.5) is 0 Å². The summed E-state index contributed by atoms with van der Waals surface area (Å²) < 4.78 is 21.1. The van der Waals surface area contributed by atoms with Crippen LogP contribution in [0.5, 0.6) is 17.2 Å². The molecule has 0 bridgehead atoms. The van der Waals surface area contributed by atoms with Gasteiger partial charge in [-0.25, -0.2) is 4.98 Å². The summed E-state index contributed by atoms with van der Waals surface area (Å²) in [6.45, 7) is 6.53. The number of rotatable bonds is 6. The van der Waals surface area contributed by atoms with Crippen LogP contribution >= 0.6 is 15.9 Å². The van der Waals surface area contributed by atoms with Crippen LogP contribution in [0, 0.1) is 20.8 Å². The first-order chi connectivity index (χ1) is 18.9. The summed E-state index contributed by atoms with van der Waals surface area (Å²) >= 11 is 3.43. The molecule has 0 fully saturated rings. The molecule has 0 amide bonds. The Bertz CT molecular complexity index is 1810. The number of nitrogens with zero attached hydrogens (tertiary/aromatic N) is 4. The van der Waals surface area contributed by atoms with Crippen molar-refractivity contribution in [1.29, 1.82) is 0 Å². The van der Waals surface area contributed by atoms with Gasteiger partial charge in [-0.1, -0.05) is 22.0 Å². The maximum absolute atomic E-state index is 13.1. The van der Waals surface area contributed by atoms with Crippen LogP contribution in [0.2, 0.25) is 0 Å². The lowest BCUT2D eigenvalue weighted by atomic mass is 10.2. The van der Waals surface area contributed by atoms with E-state index in [1.54, 1.807) is 19.2 Å². The number of benzene rings is 3. The van der Waals surface area contributed by atoms with Crippen LogP contribution in [0.25, 0.3) is 16.6 Å². The molecule has 0 unspecified atom stereocenters. The Morgan fingerprint density at radius 1 is 1.00 bits per heavy atom. The van der Waals surface area contributed by atoms with Crippen LogP contribution in [0.3, 0.4) is 0 Å². The predicted molar refractivity (Wildman–Crippen MR) is 154 cm³/mol. The molecule has 8 nitrogen and oxygen atoms in total. The van der Waals surface area contributed by atoms with Crippen molar-refractivity contribution in [3.05, 3.63) is 110 Å². The normalized spacial score (nSPS) is 12.5. The molecule has 0 aliphatic carbocycles. The van der Waals surface area contributed by atoms with E-state index in [1.807, 2.05) is 74.5 Å². The highest BCUT2D eigenvalue weighted by Gasteiger charge is 2.14. The first-order valence-corrected chi connectivity index (χ1v) is 13.2. The summed E-state index contributed by atoms with van der Waals surface area (Å²) in [6, 6.07) is 21.3. The average molecular weight is 585 g/mol. The zero-order chi connectivity index (χ0) is 27.1. The monoisotopic (exact) mass is 584 g/mol. The number of fused-ring (bicyclic) bond motifs is 2. The molecule has 39 heavy (non-hydrogen) atoms. The number of aryl methyl sites for hydroxylation is 2. The van der Waals surface area contributed by atoms with Crippen molar-refractivity contribution >= 4 is 33.0 Å². The van der Waals surface area contributed by atoms with E-state index >= 15 is 0 Å². The van der Waals surface area contributed by atoms with E-state index in [2.05, 4.69) is 30.6 Å². The predicted octanol–water partition coefficient (Wildman–Crippen LogP) is 6.06. The minimum atomic E-state index is -0.208. The highest BCUT2D eigenvalue weighted by Crippen LogP contribution is 2.33. The molecule has 3 aromatic carbocycles. The van der Waals surface area contributed by atoms with E-state index in [1.165, 1.54) is 4.68 Å². The minimum Gasteiger partial charge on any atom is -0.489 e. The van der Waals surface area contributed by atoms with Crippen molar-refractivity contribution in [2.45, 2.75) is 27.4 Å². The van der Waals surface area contributed by atoms with Gasteiger partial charge in [-0.2, -0.15) is 9.78 Å². The van der Waals surface area contributed by atoms with Gasteiger partial charge in [-0.05, 0) is 87.0 Å². The van der Waals surface area contributed by atoms with E-state index in [4.69, 9.17) is 14.2 Å². The molecule has 0 spiro atoms. The Morgan fingerprint density at radius 3 is 2.62 bits per heavy atom. The molecule has 0 N–H and O–H groups in total. The largest absolute Gasteiger partial charge is 0.489 e. The highest BCUT2D eigenvalue weighted by molar-refractivity contribution is 9.10. The third kappa shape index (κ3) is 4.81. The molecule has 0 atom stereocenters. The van der Waals surface area contributed by atoms with Gasteiger partial charge in [0, 0.05) is 27.1 Å². The second-order valence-electron chi connectivity index (χ2n) is 9.31. The van der Waals surface area contributed by atoms with Gasteiger partial charge in [0.2, 0.25) is 6.79 Å². The van der Waals surface area contributed by atoms with Gasteiger partial charge in [-0.15, -0.1) is 0 Å². The fourth-order valence-corrected chi connectivity index (χ4v) is 5.08. The third-order valence-electron chi connectivity index (χ3n) is 6.69. The van der Waals surface area contributed by atoms with Crippen molar-refractivity contribution < 1.29 is 14.2 Å². The standard InChI is InChI=1S/C30H25BrN4O4/c1-18-12-22(15-32-35-20(3)33-27-10-5-23(31)14-26(27)30(35)36)19(2)34(18)24-6-8-25(9-7-24)37-16-21-4-11-28-29(13-21)39-17-38-28/h4-15H,16-17H2,1-3H3. The van der Waals surface area contributed by atoms with Crippen molar-refractivity contribution in [1.82, 2.24) is 14.2 Å². The molecule has 6 rings (SSSR count). The second kappa shape index (κ2) is 10.1. The van der Waals surface area contributed by atoms with Crippen LogP contribution in [0.1, 0.15) is 28.3 Å². The van der Waals surface area contributed by atoms with E-state index in [0.717, 1.165) is 49.9 Å². The Hall–Kier alpha value is -4.37. The molecule has 0 saturated heterocycles. The van der Waals surface area contributed by atoms with E-state index in [-0.39, 0.29) is 12.4 Å². The summed E-state index contributed by atoms with van der Waals surface area (Å²) in [6.07, 6.45) is 1.71. The molecule has 3 heterocycles. The van der Waals surface area contributed by atoms with Crippen LogP contribution < -0.4 is 19.8 Å². The van der Waals surface area contributed by atoms with Crippen molar-refractivity contribution in [3.63, 3.8) is 0 Å². The molecule has 196 valence electrons. The van der Waals surface area contributed by atoms with Gasteiger partial charge in [-0.3, -0.25) is 4.79 Å². The Labute approximate surface area is 233 Å². The topological polar surface area (TPSA) is 79.9 Å². The Balaban J connectivity index is 1.21. The van der Waals surface area contributed by atoms with Crippen LogP contribution in [0.15, 0.2) is 81.1 Å². The number of halogens is 1. The van der Waals surface area contributed by atoms with Gasteiger partial charge >= 0.3 is 0 Å². The SMILES string of the molecule is Cc1cc(C=Nn2c(C)nc3ccc(Br)cc3c2=O)c(C)n1-c1ccc(OCc2ccc3c(c2)OCO3)cc1. The van der Waals surface area contributed by atoms with Gasteiger partial charge in [0.1, 0.15) is 18.2 Å². The summed E-state index contributed by atoms with van der Waals surface area (Å²) in [5.74, 6) is 2.80. The molecule has 9 heteroatoms. The second-order valence-corrected chi connectivity index (χ2v) is 10.2. The summed E-state index contributed by atoms with van der Waals surface area (Å²) in [5, 5.41) is 5.02. The number of hydrogen-bond acceptors (Lipinski definition) is 6. The number of ether oxygens (including phenoxy) is 3. The average Bonchev–Trinajstić information content (AvgIpc) is 3.51. The lowest BCUT2D eigenvalue weighted by Gasteiger charge is -2.12. The van der Waals surface area contributed by atoms with Gasteiger partial charge in [0.05, 0.1) is 17.1 Å². The maximum atomic E-state index is 13.1. The maximum Gasteiger partial charge on any atom is 0.282 e. The minimum absolute atomic E-state index is 0.208. The van der Waals surface area contributed by atoms with Gasteiger partial charge < -0.3 is 18.8 Å². The van der Waals surface area contributed by atoms with E-state index in [9.17, 15) is 4.79 Å². The summed E-state index contributed by atoms with van der Waals surface area (Å²) in [4.78, 5) is 17.6. The Morgan fingerprint density at radius 2 is 1.79 bits per heavy atom. The quantitative estimate of drug-likeness (QED) is 0.226. The molecule has 2 aromatic heterocycles. The number of aromatic nitrogens is 3. The third-order valence-corrected chi connectivity index (χ3v) is 7.18. The Kier molecular flexibility index (Phi) is 6.44. The molecule has 5 aromatic rings. The molecule has 0 saturated carbocycles. The fourth-order valence-electron chi connectivity index (χ4n) is 4.72. The lowest BCUT2D eigenvalue weighted by Crippen LogP contribution is -2.20. The zero-order valence-corrected chi connectivity index (χ0v) is 23.2. The zero-order valence-electron chi connectivity index (χ0n) is 21.6. The van der Waals surface area contributed by atoms with Crippen LogP contribution in [-0.2, 0) is 6.61 Å². The highest BCUT2D eigenvalue weighted by atomic mass is 79.9. The number of hydrogen-bond donors (Lipinski definition) is 0. The van der Waals surface area contributed by atoms with Crippen LogP contribution in [-0.4, -0.2) is 27.2 Å². The molecule has 1 aliphatic heterocycles. The fraction of sp³-hybridized carbons (Fsp3) is 0.167. The molecule has 1 aliphatic rings. The first kappa shape index (κ1) is 24.9. The smallest absolute Gasteiger partial charge is 0.282 e. The van der Waals surface area contributed by atoms with Crippen molar-refractivity contribution in [2.24, 2.45) is 5.10 Å². The summed E-state index contributed by atoms with van der Waals surface area (Å²) in [5.41, 5.74) is 5.42. The molecule has 0 radical (unpaired) electrons. The van der Waals surface area contributed by atoms with E-state index < -0.39 is 0 Å². The van der Waals surface area contributed by atoms with Crippen molar-refractivity contribution in [3.8, 4) is 22.9 Å². The van der Waals surface area contributed by atoms with E-state index in [0.29, 0.717) is 23.3 Å². The molecular weight excluding hydrogens is 560 g/mol. The molecular formula is C30H25BrN4O4. The van der Waals surface area contributed by atoms with Crippen molar-refractivity contribution in [2.75, 3.05) is 6.79 Å². The van der Waals surface area contributed by atoms with Gasteiger partial charge in [0.25, 0.3) is 5.56 Å². The lowest BCUT2D eigenvalue weighted by molar-refractivity contribution is 0.174. The summed E-state index contributed by atoms with van der Waals surface area (Å²) in [7, 11) is 0.